The standard InChI is InChI=1S/C53H31BN2O2S/c1-3-15-32(16-4-1)35-19-7-8-20-36(35)33-27-47-51-49(28-33)59-48-31-45-39(37-21-9-11-24-44(37)56(45)34-17-5-2-6-18-34)29-41(48)54(51)42-30-40(43-23-13-14-26-55-43)50-38-22-10-12-25-46(38)57-53(50)52(42)58-47/h1-31H. The molecule has 5 heterocycles. The fraction of sp³-hybridized carbons (Fsp3) is 0. The van der Waals surface area contributed by atoms with E-state index in [0.717, 1.165) is 67.0 Å². The third kappa shape index (κ3) is 4.84. The Hall–Kier alpha value is -7.28. The molecule has 0 saturated heterocycles. The normalized spacial score (nSPS) is 12.8. The van der Waals surface area contributed by atoms with E-state index in [1.165, 1.54) is 53.6 Å². The summed E-state index contributed by atoms with van der Waals surface area (Å²) in [5.74, 6) is 1.62. The second kappa shape index (κ2) is 12.6. The first kappa shape index (κ1) is 32.8. The number of fused-ring (bicyclic) bond motifs is 11. The number of aromatic nitrogens is 2. The zero-order valence-electron chi connectivity index (χ0n) is 31.6. The summed E-state index contributed by atoms with van der Waals surface area (Å²) in [6, 6.07) is 65.1. The van der Waals surface area contributed by atoms with Gasteiger partial charge in [0.25, 0.3) is 6.71 Å². The molecule has 0 fully saturated rings. The number of nitrogens with zero attached hydrogens (tertiary/aromatic N) is 2. The summed E-state index contributed by atoms with van der Waals surface area (Å²) < 4.78 is 16.5. The summed E-state index contributed by atoms with van der Waals surface area (Å²) in [6.45, 7) is -0.123. The molecule has 0 bridgehead atoms. The van der Waals surface area contributed by atoms with Gasteiger partial charge in [0.1, 0.15) is 11.3 Å². The Morgan fingerprint density at radius 3 is 2.08 bits per heavy atom. The molecule has 0 amide bonds. The van der Waals surface area contributed by atoms with Crippen LogP contribution >= 0.6 is 11.8 Å². The van der Waals surface area contributed by atoms with Gasteiger partial charge in [-0.3, -0.25) is 4.98 Å². The third-order valence-corrected chi connectivity index (χ3v) is 13.3. The molecule has 11 aromatic rings. The van der Waals surface area contributed by atoms with Crippen LogP contribution in [0.5, 0.6) is 11.5 Å². The van der Waals surface area contributed by atoms with Crippen molar-refractivity contribution >= 4 is 78.6 Å². The van der Waals surface area contributed by atoms with Gasteiger partial charge in [0, 0.05) is 48.8 Å². The van der Waals surface area contributed by atoms with Crippen molar-refractivity contribution in [3.8, 4) is 50.7 Å². The summed E-state index contributed by atoms with van der Waals surface area (Å²) in [4.78, 5) is 7.32. The highest BCUT2D eigenvalue weighted by molar-refractivity contribution is 8.00. The quantitative estimate of drug-likeness (QED) is 0.167. The Bertz CT molecular complexity index is 3510. The van der Waals surface area contributed by atoms with Crippen LogP contribution in [0.4, 0.5) is 0 Å². The van der Waals surface area contributed by atoms with Crippen molar-refractivity contribution in [2.45, 2.75) is 9.79 Å². The average Bonchev–Trinajstić information content (AvgIpc) is 3.85. The van der Waals surface area contributed by atoms with E-state index in [-0.39, 0.29) is 6.71 Å². The van der Waals surface area contributed by atoms with E-state index in [1.807, 2.05) is 36.2 Å². The van der Waals surface area contributed by atoms with Gasteiger partial charge in [-0.15, -0.1) is 0 Å². The molecular weight excluding hydrogens is 739 g/mol. The van der Waals surface area contributed by atoms with E-state index >= 15 is 0 Å². The fourth-order valence-electron chi connectivity index (χ4n) is 9.64. The lowest BCUT2D eigenvalue weighted by atomic mass is 9.35. The highest BCUT2D eigenvalue weighted by Gasteiger charge is 2.42. The number of para-hydroxylation sites is 3. The summed E-state index contributed by atoms with van der Waals surface area (Å²) in [5, 5.41) is 4.51. The molecular formula is C53H31BN2O2S. The van der Waals surface area contributed by atoms with Crippen LogP contribution in [-0.2, 0) is 0 Å². The number of pyridine rings is 1. The maximum atomic E-state index is 7.27. The van der Waals surface area contributed by atoms with Gasteiger partial charge < -0.3 is 13.7 Å². The average molecular weight is 771 g/mol. The molecule has 0 radical (unpaired) electrons. The first-order valence-corrected chi connectivity index (χ1v) is 20.8. The second-order valence-electron chi connectivity index (χ2n) is 15.4. The molecule has 3 aromatic heterocycles. The van der Waals surface area contributed by atoms with Crippen molar-refractivity contribution in [2.24, 2.45) is 0 Å². The largest absolute Gasteiger partial charge is 0.454 e. The van der Waals surface area contributed by atoms with Gasteiger partial charge in [-0.05, 0) is 87.8 Å². The Morgan fingerprint density at radius 2 is 1.25 bits per heavy atom. The SMILES string of the molecule is c1ccc(-c2ccccc2-c2cc3c4c(c2)Sc2cc5c(cc2B4c2cc(-c4ccccn4)c4c(oc6ccccc64)c2O3)c2ccccc2n5-c2ccccc2)cc1. The lowest BCUT2D eigenvalue weighted by molar-refractivity contribution is 0.480. The zero-order chi connectivity index (χ0) is 38.6. The van der Waals surface area contributed by atoms with Crippen LogP contribution in [0.15, 0.2) is 202 Å². The topological polar surface area (TPSA) is 40.2 Å². The Kier molecular flexibility index (Phi) is 7.01. The van der Waals surface area contributed by atoms with E-state index in [9.17, 15) is 0 Å². The highest BCUT2D eigenvalue weighted by Crippen LogP contribution is 2.47. The number of furan rings is 1. The minimum Gasteiger partial charge on any atom is -0.454 e. The molecule has 59 heavy (non-hydrogen) atoms. The van der Waals surface area contributed by atoms with Crippen LogP contribution in [0.2, 0.25) is 0 Å². The minimum absolute atomic E-state index is 0.123. The molecule has 2 aliphatic rings. The first-order chi connectivity index (χ1) is 29.3. The van der Waals surface area contributed by atoms with Crippen LogP contribution in [0, 0.1) is 0 Å². The van der Waals surface area contributed by atoms with Crippen molar-refractivity contribution in [1.29, 1.82) is 0 Å². The predicted molar refractivity (Wildman–Crippen MR) is 244 cm³/mol. The van der Waals surface area contributed by atoms with Crippen molar-refractivity contribution in [3.63, 3.8) is 0 Å². The minimum atomic E-state index is -0.123. The second-order valence-corrected chi connectivity index (χ2v) is 16.5. The molecule has 8 aromatic carbocycles. The van der Waals surface area contributed by atoms with Crippen LogP contribution in [0.25, 0.3) is 82.9 Å². The molecule has 0 N–H and O–H groups in total. The van der Waals surface area contributed by atoms with Crippen molar-refractivity contribution in [2.75, 3.05) is 0 Å². The van der Waals surface area contributed by atoms with Gasteiger partial charge in [-0.2, -0.15) is 0 Å². The molecule has 13 rings (SSSR count). The Labute approximate surface area is 344 Å². The number of ether oxygens (including phenoxy) is 1. The number of benzene rings is 8. The van der Waals surface area contributed by atoms with Crippen LogP contribution < -0.4 is 21.1 Å². The molecule has 4 nitrogen and oxygen atoms in total. The van der Waals surface area contributed by atoms with Gasteiger partial charge in [0.15, 0.2) is 11.3 Å². The van der Waals surface area contributed by atoms with Crippen LogP contribution in [0.3, 0.4) is 0 Å². The summed E-state index contributed by atoms with van der Waals surface area (Å²) in [7, 11) is 0. The van der Waals surface area contributed by atoms with Crippen molar-refractivity contribution in [3.05, 3.63) is 188 Å². The van der Waals surface area contributed by atoms with Crippen molar-refractivity contribution < 1.29 is 9.15 Å². The smallest absolute Gasteiger partial charge is 0.254 e. The van der Waals surface area contributed by atoms with Crippen LogP contribution in [0.1, 0.15) is 0 Å². The van der Waals surface area contributed by atoms with Crippen LogP contribution in [-0.4, -0.2) is 16.3 Å². The number of hydrogen-bond acceptors (Lipinski definition) is 4. The van der Waals surface area contributed by atoms with E-state index in [1.54, 1.807) is 0 Å². The van der Waals surface area contributed by atoms with Crippen molar-refractivity contribution in [1.82, 2.24) is 9.55 Å². The fourth-order valence-corrected chi connectivity index (χ4v) is 10.9. The Balaban J connectivity index is 1.13. The monoisotopic (exact) mass is 770 g/mol. The number of rotatable bonds is 4. The predicted octanol–water partition coefficient (Wildman–Crippen LogP) is 12.2. The molecule has 274 valence electrons. The lowest BCUT2D eigenvalue weighted by Crippen LogP contribution is -2.57. The maximum Gasteiger partial charge on any atom is 0.254 e. The van der Waals surface area contributed by atoms with Gasteiger partial charge in [0.05, 0.1) is 16.7 Å². The first-order valence-electron chi connectivity index (χ1n) is 20.0. The summed E-state index contributed by atoms with van der Waals surface area (Å²) >= 11 is 1.84. The number of hydrogen-bond donors (Lipinski definition) is 0. The molecule has 0 unspecified atom stereocenters. The third-order valence-electron chi connectivity index (χ3n) is 12.2. The molecule has 0 spiro atoms. The molecule has 0 saturated carbocycles. The zero-order valence-corrected chi connectivity index (χ0v) is 32.4. The maximum absolute atomic E-state index is 7.27. The Morgan fingerprint density at radius 1 is 0.525 bits per heavy atom. The van der Waals surface area contributed by atoms with Gasteiger partial charge in [0.2, 0.25) is 0 Å². The lowest BCUT2D eigenvalue weighted by Gasteiger charge is -2.34. The summed E-state index contributed by atoms with van der Waals surface area (Å²) in [6.07, 6.45) is 1.87. The highest BCUT2D eigenvalue weighted by atomic mass is 32.2. The van der Waals surface area contributed by atoms with E-state index in [2.05, 4.69) is 168 Å². The van der Waals surface area contributed by atoms with Gasteiger partial charge in [-0.1, -0.05) is 145 Å². The summed E-state index contributed by atoms with van der Waals surface area (Å²) in [5.41, 5.74) is 15.2. The van der Waals surface area contributed by atoms with E-state index in [4.69, 9.17) is 14.1 Å². The molecule has 6 heteroatoms. The van der Waals surface area contributed by atoms with Gasteiger partial charge in [-0.25, -0.2) is 0 Å². The molecule has 0 aliphatic carbocycles. The molecule has 0 atom stereocenters. The van der Waals surface area contributed by atoms with Gasteiger partial charge >= 0.3 is 0 Å². The van der Waals surface area contributed by atoms with E-state index in [0.29, 0.717) is 0 Å². The molecule has 2 aliphatic heterocycles. The van der Waals surface area contributed by atoms with E-state index < -0.39 is 0 Å².